The van der Waals surface area contributed by atoms with Gasteiger partial charge in [-0.05, 0) is 30.3 Å². The minimum absolute atomic E-state index is 0.303. The zero-order valence-corrected chi connectivity index (χ0v) is 10.9. The van der Waals surface area contributed by atoms with Crippen LogP contribution in [0.5, 0.6) is 0 Å². The van der Waals surface area contributed by atoms with Gasteiger partial charge in [-0.1, -0.05) is 23.7 Å². The van der Waals surface area contributed by atoms with Gasteiger partial charge >= 0.3 is 0 Å². The molecular weight excluding hydrogens is 279 g/mol. The lowest BCUT2D eigenvalue weighted by atomic mass is 10.1. The quantitative estimate of drug-likeness (QED) is 0.688. The predicted molar refractivity (Wildman–Crippen MR) is 76.2 cm³/mol. The second-order valence-electron chi connectivity index (χ2n) is 4.20. The van der Waals surface area contributed by atoms with Gasteiger partial charge in [0.25, 0.3) is 5.56 Å². The highest BCUT2D eigenvalue weighted by Gasteiger charge is 2.10. The molecule has 0 bridgehead atoms. The van der Waals surface area contributed by atoms with Crippen molar-refractivity contribution in [3.63, 3.8) is 0 Å². The molecule has 0 atom stereocenters. The molecule has 0 fully saturated rings. The molecule has 0 saturated carbocycles. The van der Waals surface area contributed by atoms with Gasteiger partial charge in [0, 0.05) is 16.0 Å². The average molecular weight is 287 g/mol. The van der Waals surface area contributed by atoms with E-state index in [1.807, 2.05) is 0 Å². The summed E-state index contributed by atoms with van der Waals surface area (Å²) >= 11 is 5.97. The third-order valence-corrected chi connectivity index (χ3v) is 3.11. The van der Waals surface area contributed by atoms with Crippen LogP contribution in [-0.4, -0.2) is 9.97 Å². The lowest BCUT2D eigenvalue weighted by Crippen LogP contribution is -1.98. The fourth-order valence-corrected chi connectivity index (χ4v) is 2.17. The third-order valence-electron chi connectivity index (χ3n) is 2.88. The highest BCUT2D eigenvalue weighted by Crippen LogP contribution is 2.28. The van der Waals surface area contributed by atoms with Crippen LogP contribution in [0.2, 0.25) is 5.02 Å². The zero-order chi connectivity index (χ0) is 14.1. The van der Waals surface area contributed by atoms with Gasteiger partial charge in [-0.2, -0.15) is 0 Å². The summed E-state index contributed by atoms with van der Waals surface area (Å²) in [5, 5.41) is 1.00. The molecule has 0 aliphatic rings. The minimum Gasteiger partial charge on any atom is -0.266 e. The monoisotopic (exact) mass is 286 g/mol. The van der Waals surface area contributed by atoms with Gasteiger partial charge in [-0.3, -0.25) is 4.79 Å². The van der Waals surface area contributed by atoms with Crippen LogP contribution in [0, 0.1) is 5.82 Å². The summed E-state index contributed by atoms with van der Waals surface area (Å²) in [6.45, 7) is 0. The molecule has 0 saturated heterocycles. The maximum atomic E-state index is 14.0. The molecule has 1 aromatic heterocycles. The lowest BCUT2D eigenvalue weighted by Gasteiger charge is -2.03. The third kappa shape index (κ3) is 2.26. The molecule has 0 unspecified atom stereocenters. The molecule has 0 spiro atoms. The summed E-state index contributed by atoms with van der Waals surface area (Å²) in [6.07, 6.45) is 1.08. The second-order valence-corrected chi connectivity index (χ2v) is 4.63. The van der Waals surface area contributed by atoms with Gasteiger partial charge in [0.15, 0.2) is 0 Å². The fraction of sp³-hybridized carbons (Fsp3) is 0. The molecule has 3 rings (SSSR count). The molecule has 20 heavy (non-hydrogen) atoms. The number of rotatable bonds is 1. The van der Waals surface area contributed by atoms with Crippen molar-refractivity contribution in [3.05, 3.63) is 69.9 Å². The van der Waals surface area contributed by atoms with Crippen LogP contribution < -0.4 is 5.56 Å². The van der Waals surface area contributed by atoms with E-state index >= 15 is 0 Å². The summed E-state index contributed by atoms with van der Waals surface area (Å²) in [4.78, 5) is 19.5. The molecule has 3 nitrogen and oxygen atoms in total. The molecule has 5 heteroatoms. The molecule has 2 aromatic carbocycles. The van der Waals surface area contributed by atoms with Crippen LogP contribution >= 0.6 is 11.6 Å². The van der Waals surface area contributed by atoms with Crippen molar-refractivity contribution in [3.8, 4) is 11.3 Å². The Balaban J connectivity index is 2.47. The van der Waals surface area contributed by atoms with E-state index in [0.29, 0.717) is 27.2 Å². The van der Waals surface area contributed by atoms with Crippen molar-refractivity contribution in [1.82, 2.24) is 9.97 Å². The number of halogens is 2. The van der Waals surface area contributed by atoms with Crippen molar-refractivity contribution in [2.24, 2.45) is 0 Å². The number of benzene rings is 2. The van der Waals surface area contributed by atoms with Crippen molar-refractivity contribution in [2.75, 3.05) is 0 Å². The first kappa shape index (κ1) is 12.7. The van der Waals surface area contributed by atoms with Crippen molar-refractivity contribution < 1.29 is 4.39 Å². The molecule has 1 heterocycles. The summed E-state index contributed by atoms with van der Waals surface area (Å²) in [7, 11) is 0. The second kappa shape index (κ2) is 4.98. The highest BCUT2D eigenvalue weighted by molar-refractivity contribution is 6.31. The van der Waals surface area contributed by atoms with E-state index < -0.39 is 11.4 Å². The largest absolute Gasteiger partial charge is 0.288 e. The summed E-state index contributed by atoms with van der Waals surface area (Å²) in [5.41, 5.74) is 0.586. The number of hydrogen-bond donors (Lipinski definition) is 0. The van der Waals surface area contributed by atoms with E-state index in [2.05, 4.69) is 9.97 Å². The topological polar surface area (TPSA) is 42.9 Å². The van der Waals surface area contributed by atoms with Crippen molar-refractivity contribution in [2.45, 2.75) is 0 Å². The fourth-order valence-electron chi connectivity index (χ4n) is 2.00. The molecule has 0 radical (unpaired) electrons. The molecule has 98 valence electrons. The maximum Gasteiger partial charge on any atom is 0.288 e. The molecule has 0 aliphatic heterocycles. The first-order chi connectivity index (χ1) is 9.65. The van der Waals surface area contributed by atoms with E-state index in [1.54, 1.807) is 36.4 Å². The Morgan fingerprint density at radius 1 is 1.10 bits per heavy atom. The summed E-state index contributed by atoms with van der Waals surface area (Å²) < 4.78 is 14.0. The normalized spacial score (nSPS) is 10.7. The maximum absolute atomic E-state index is 14.0. The molecular formula is C15H8ClFN2O. The summed E-state index contributed by atoms with van der Waals surface area (Å²) in [5.74, 6) is -0.417. The lowest BCUT2D eigenvalue weighted by molar-refractivity contribution is 0.631. The van der Waals surface area contributed by atoms with Gasteiger partial charge in [0.1, 0.15) is 5.82 Å². The van der Waals surface area contributed by atoms with E-state index in [9.17, 15) is 9.18 Å². The number of aromatic nitrogens is 2. The Hall–Kier alpha value is -2.33. The SMILES string of the molecule is O=c1cnc(-c2ccccc2F)c2cc(Cl)ccc2n1. The van der Waals surface area contributed by atoms with E-state index in [-0.39, 0.29) is 0 Å². The molecule has 0 aliphatic carbocycles. The summed E-state index contributed by atoms with van der Waals surface area (Å²) in [6, 6.07) is 11.1. The van der Waals surface area contributed by atoms with Crippen LogP contribution in [0.1, 0.15) is 0 Å². The molecule has 3 aromatic rings. The Morgan fingerprint density at radius 3 is 2.70 bits per heavy atom. The van der Waals surface area contributed by atoms with Crippen LogP contribution in [-0.2, 0) is 0 Å². The van der Waals surface area contributed by atoms with Crippen LogP contribution in [0.25, 0.3) is 22.2 Å². The average Bonchev–Trinajstić information content (AvgIpc) is 2.58. The number of fused-ring (bicyclic) bond motifs is 1. The van der Waals surface area contributed by atoms with Gasteiger partial charge in [0.2, 0.25) is 0 Å². The van der Waals surface area contributed by atoms with Gasteiger partial charge in [-0.15, -0.1) is 0 Å². The van der Waals surface area contributed by atoms with E-state index in [0.717, 1.165) is 6.20 Å². The Bertz CT molecular complexity index is 867. The van der Waals surface area contributed by atoms with Gasteiger partial charge in [-0.25, -0.2) is 14.4 Å². The number of nitrogens with zero attached hydrogens (tertiary/aromatic N) is 2. The van der Waals surface area contributed by atoms with E-state index in [4.69, 9.17) is 11.6 Å². The molecule has 0 N–H and O–H groups in total. The first-order valence-electron chi connectivity index (χ1n) is 5.87. The van der Waals surface area contributed by atoms with Gasteiger partial charge < -0.3 is 0 Å². The minimum atomic E-state index is -0.486. The van der Waals surface area contributed by atoms with Crippen molar-refractivity contribution >= 4 is 22.5 Å². The Kier molecular flexibility index (Phi) is 3.16. The van der Waals surface area contributed by atoms with Crippen LogP contribution in [0.3, 0.4) is 0 Å². The van der Waals surface area contributed by atoms with Gasteiger partial charge in [0.05, 0.1) is 17.4 Å². The van der Waals surface area contributed by atoms with E-state index in [1.165, 1.54) is 6.07 Å². The van der Waals surface area contributed by atoms with Crippen LogP contribution in [0.4, 0.5) is 4.39 Å². The highest BCUT2D eigenvalue weighted by atomic mass is 35.5. The first-order valence-corrected chi connectivity index (χ1v) is 6.24. The smallest absolute Gasteiger partial charge is 0.266 e. The standard InChI is InChI=1S/C15H8ClFN2O/c16-9-5-6-13-11(7-9)15(18-8-14(20)19-13)10-3-1-2-4-12(10)17/h1-8H. The Morgan fingerprint density at radius 2 is 1.90 bits per heavy atom. The zero-order valence-electron chi connectivity index (χ0n) is 10.2. The predicted octanol–water partition coefficient (Wildman–Crippen LogP) is 3.45. The van der Waals surface area contributed by atoms with Crippen LogP contribution in [0.15, 0.2) is 53.5 Å². The molecule has 0 amide bonds. The van der Waals surface area contributed by atoms with Crippen molar-refractivity contribution in [1.29, 1.82) is 0 Å². The Labute approximate surface area is 118 Å². The number of hydrogen-bond acceptors (Lipinski definition) is 3.